The molecule has 0 amide bonds. The summed E-state index contributed by atoms with van der Waals surface area (Å²) in [7, 11) is 0. The van der Waals surface area contributed by atoms with Crippen molar-refractivity contribution in [2.24, 2.45) is 16.6 Å². The third kappa shape index (κ3) is 1.72. The van der Waals surface area contributed by atoms with E-state index in [9.17, 15) is 0 Å². The molecule has 0 radical (unpaired) electrons. The van der Waals surface area contributed by atoms with Gasteiger partial charge in [-0.25, -0.2) is 0 Å². The molecule has 0 spiro atoms. The third-order valence-corrected chi connectivity index (χ3v) is 2.00. The van der Waals surface area contributed by atoms with Gasteiger partial charge in [0.2, 0.25) is 0 Å². The second-order valence-electron chi connectivity index (χ2n) is 3.29. The second kappa shape index (κ2) is 3.04. The van der Waals surface area contributed by atoms with Gasteiger partial charge in [-0.3, -0.25) is 4.99 Å². The molecule has 58 valence electrons. The van der Waals surface area contributed by atoms with Crippen LogP contribution in [0.15, 0.2) is 4.99 Å². The van der Waals surface area contributed by atoms with Gasteiger partial charge in [0.25, 0.3) is 0 Å². The van der Waals surface area contributed by atoms with Crippen LogP contribution in [0.4, 0.5) is 0 Å². The van der Waals surface area contributed by atoms with Gasteiger partial charge in [-0.05, 0) is 19.3 Å². The summed E-state index contributed by atoms with van der Waals surface area (Å²) in [5, 5.41) is 0. The van der Waals surface area contributed by atoms with Crippen molar-refractivity contribution in [3.63, 3.8) is 0 Å². The van der Waals surface area contributed by atoms with Gasteiger partial charge < -0.3 is 5.73 Å². The van der Waals surface area contributed by atoms with E-state index in [0.29, 0.717) is 12.0 Å². The summed E-state index contributed by atoms with van der Waals surface area (Å²) in [4.78, 5) is 4.38. The first-order valence-electron chi connectivity index (χ1n) is 4.03. The smallest absolute Gasteiger partial charge is 0.0966 e. The fraction of sp³-hybridized carbons (Fsp3) is 0.875. The van der Waals surface area contributed by atoms with Gasteiger partial charge in [0.1, 0.15) is 0 Å². The van der Waals surface area contributed by atoms with Crippen LogP contribution in [0, 0.1) is 5.92 Å². The van der Waals surface area contributed by atoms with Crippen LogP contribution in [0.25, 0.3) is 0 Å². The lowest BCUT2D eigenvalue weighted by Crippen LogP contribution is -2.25. The normalized spacial score (nSPS) is 21.3. The standard InChI is InChI=1S/C8H16N2/c1-6(2)8(9)10-7-4-3-5-7/h6-7H,3-5H2,1-2H3,(H2,9,10). The molecule has 2 N–H and O–H groups in total. The molecule has 1 saturated carbocycles. The average molecular weight is 140 g/mol. The van der Waals surface area contributed by atoms with E-state index >= 15 is 0 Å². The number of amidine groups is 1. The lowest BCUT2D eigenvalue weighted by atomic mass is 9.93. The number of nitrogens with zero attached hydrogens (tertiary/aromatic N) is 1. The lowest BCUT2D eigenvalue weighted by Gasteiger charge is -2.22. The quantitative estimate of drug-likeness (QED) is 0.458. The fourth-order valence-electron chi connectivity index (χ4n) is 0.876. The van der Waals surface area contributed by atoms with Crippen molar-refractivity contribution in [1.29, 1.82) is 0 Å². The van der Waals surface area contributed by atoms with E-state index in [1.165, 1.54) is 19.3 Å². The molecule has 0 bridgehead atoms. The Morgan fingerprint density at radius 1 is 1.50 bits per heavy atom. The molecule has 0 unspecified atom stereocenters. The Hall–Kier alpha value is -0.530. The zero-order valence-corrected chi connectivity index (χ0v) is 6.80. The molecule has 0 aromatic carbocycles. The molecule has 1 aliphatic carbocycles. The second-order valence-corrected chi connectivity index (χ2v) is 3.29. The minimum atomic E-state index is 0.417. The maximum atomic E-state index is 5.68. The van der Waals surface area contributed by atoms with Crippen molar-refractivity contribution < 1.29 is 0 Å². The molecule has 0 atom stereocenters. The molecular weight excluding hydrogens is 124 g/mol. The predicted octanol–water partition coefficient (Wildman–Crippen LogP) is 1.55. The van der Waals surface area contributed by atoms with E-state index in [1.807, 2.05) is 0 Å². The van der Waals surface area contributed by atoms with Crippen molar-refractivity contribution in [1.82, 2.24) is 0 Å². The van der Waals surface area contributed by atoms with Gasteiger partial charge in [-0.15, -0.1) is 0 Å². The SMILES string of the molecule is CC(C)C(N)=NC1CCC1. The number of rotatable bonds is 2. The Labute approximate surface area is 62.5 Å². The molecular formula is C8H16N2. The van der Waals surface area contributed by atoms with E-state index in [4.69, 9.17) is 5.73 Å². The molecule has 1 aliphatic rings. The molecule has 1 rings (SSSR count). The van der Waals surface area contributed by atoms with E-state index in [2.05, 4.69) is 18.8 Å². The van der Waals surface area contributed by atoms with Crippen LogP contribution in [-0.2, 0) is 0 Å². The van der Waals surface area contributed by atoms with Gasteiger partial charge in [-0.2, -0.15) is 0 Å². The summed E-state index contributed by atoms with van der Waals surface area (Å²) >= 11 is 0. The Morgan fingerprint density at radius 3 is 2.40 bits per heavy atom. The summed E-state index contributed by atoms with van der Waals surface area (Å²) in [6.45, 7) is 4.16. The maximum Gasteiger partial charge on any atom is 0.0966 e. The molecule has 0 aromatic heterocycles. The first-order chi connectivity index (χ1) is 4.70. The highest BCUT2D eigenvalue weighted by Gasteiger charge is 2.16. The van der Waals surface area contributed by atoms with Gasteiger partial charge in [-0.1, -0.05) is 13.8 Å². The van der Waals surface area contributed by atoms with Crippen molar-refractivity contribution >= 4 is 5.84 Å². The molecule has 1 fully saturated rings. The summed E-state index contributed by atoms with van der Waals surface area (Å²) < 4.78 is 0. The van der Waals surface area contributed by atoms with E-state index < -0.39 is 0 Å². The molecule has 0 aromatic rings. The van der Waals surface area contributed by atoms with Crippen molar-refractivity contribution in [2.45, 2.75) is 39.2 Å². The van der Waals surface area contributed by atoms with Gasteiger partial charge in [0.15, 0.2) is 0 Å². The Morgan fingerprint density at radius 2 is 2.10 bits per heavy atom. The van der Waals surface area contributed by atoms with Crippen molar-refractivity contribution in [3.8, 4) is 0 Å². The summed E-state index contributed by atoms with van der Waals surface area (Å²) in [6, 6.07) is 0.558. The van der Waals surface area contributed by atoms with Crippen LogP contribution in [-0.4, -0.2) is 11.9 Å². The van der Waals surface area contributed by atoms with Crippen LogP contribution in [0.2, 0.25) is 0 Å². The number of aliphatic imine (C=N–C) groups is 1. The fourth-order valence-corrected chi connectivity index (χ4v) is 0.876. The largest absolute Gasteiger partial charge is 0.387 e. The Kier molecular flexibility index (Phi) is 2.30. The molecule has 10 heavy (non-hydrogen) atoms. The topological polar surface area (TPSA) is 38.4 Å². The average Bonchev–Trinajstić information content (AvgIpc) is 1.77. The highest BCUT2D eigenvalue weighted by molar-refractivity contribution is 5.82. The third-order valence-electron chi connectivity index (χ3n) is 2.00. The maximum absolute atomic E-state index is 5.68. The minimum Gasteiger partial charge on any atom is -0.387 e. The highest BCUT2D eigenvalue weighted by Crippen LogP contribution is 2.22. The molecule has 0 aliphatic heterocycles. The summed E-state index contributed by atoms with van der Waals surface area (Å²) in [5.74, 6) is 1.24. The van der Waals surface area contributed by atoms with Gasteiger partial charge in [0.05, 0.1) is 11.9 Å². The van der Waals surface area contributed by atoms with Crippen molar-refractivity contribution in [2.75, 3.05) is 0 Å². The number of hydrogen-bond acceptors (Lipinski definition) is 1. The monoisotopic (exact) mass is 140 g/mol. The van der Waals surface area contributed by atoms with Crippen LogP contribution in [0.3, 0.4) is 0 Å². The van der Waals surface area contributed by atoms with Gasteiger partial charge in [0, 0.05) is 5.92 Å². The predicted molar refractivity (Wildman–Crippen MR) is 44.1 cm³/mol. The minimum absolute atomic E-state index is 0.417. The molecule has 2 nitrogen and oxygen atoms in total. The van der Waals surface area contributed by atoms with E-state index in [1.54, 1.807) is 0 Å². The first-order valence-corrected chi connectivity index (χ1v) is 4.03. The van der Waals surface area contributed by atoms with E-state index in [-0.39, 0.29) is 0 Å². The molecule has 2 heteroatoms. The number of nitrogens with two attached hydrogens (primary N) is 1. The number of hydrogen-bond donors (Lipinski definition) is 1. The summed E-state index contributed by atoms with van der Waals surface area (Å²) in [6.07, 6.45) is 3.82. The highest BCUT2D eigenvalue weighted by atomic mass is 14.9. The van der Waals surface area contributed by atoms with Crippen LogP contribution < -0.4 is 5.73 Å². The van der Waals surface area contributed by atoms with E-state index in [0.717, 1.165) is 5.84 Å². The Bertz CT molecular complexity index is 134. The summed E-state index contributed by atoms with van der Waals surface area (Å²) in [5.41, 5.74) is 5.68. The van der Waals surface area contributed by atoms with Crippen LogP contribution >= 0.6 is 0 Å². The van der Waals surface area contributed by atoms with Crippen molar-refractivity contribution in [3.05, 3.63) is 0 Å². The first kappa shape index (κ1) is 7.58. The Balaban J connectivity index is 2.36. The zero-order valence-electron chi connectivity index (χ0n) is 6.80. The lowest BCUT2D eigenvalue weighted by molar-refractivity contribution is 0.418. The molecule has 0 saturated heterocycles. The zero-order chi connectivity index (χ0) is 7.56. The van der Waals surface area contributed by atoms with Gasteiger partial charge >= 0.3 is 0 Å². The van der Waals surface area contributed by atoms with Crippen LogP contribution in [0.5, 0.6) is 0 Å². The van der Waals surface area contributed by atoms with Crippen LogP contribution in [0.1, 0.15) is 33.1 Å². The molecule has 0 heterocycles.